The highest BCUT2D eigenvalue weighted by molar-refractivity contribution is 5.46. The van der Waals surface area contributed by atoms with Gasteiger partial charge in [0.05, 0.1) is 0 Å². The molecule has 0 unspecified atom stereocenters. The zero-order chi connectivity index (χ0) is 13.8. The van der Waals surface area contributed by atoms with Crippen LogP contribution in [0.1, 0.15) is 51.8 Å². The zero-order valence-electron chi connectivity index (χ0n) is 12.7. The molecule has 3 heteroatoms. The third kappa shape index (κ3) is 3.46. The second kappa shape index (κ2) is 6.36. The summed E-state index contributed by atoms with van der Waals surface area (Å²) in [5.41, 5.74) is 2.62. The fraction of sp³-hybridized carbons (Fsp3) is 0.750. The van der Waals surface area contributed by atoms with E-state index < -0.39 is 0 Å². The van der Waals surface area contributed by atoms with Crippen LogP contribution in [0.3, 0.4) is 0 Å². The maximum absolute atomic E-state index is 4.46. The predicted molar refractivity (Wildman–Crippen MR) is 80.3 cm³/mol. The molecule has 1 aliphatic rings. The van der Waals surface area contributed by atoms with E-state index in [1.54, 1.807) is 6.33 Å². The van der Waals surface area contributed by atoms with E-state index in [1.165, 1.54) is 24.1 Å². The van der Waals surface area contributed by atoms with E-state index in [2.05, 4.69) is 43.0 Å². The van der Waals surface area contributed by atoms with Crippen molar-refractivity contribution in [2.24, 2.45) is 17.8 Å². The lowest BCUT2D eigenvalue weighted by molar-refractivity contribution is 0.304. The van der Waals surface area contributed by atoms with Crippen LogP contribution in [0.4, 0.5) is 5.82 Å². The summed E-state index contributed by atoms with van der Waals surface area (Å²) in [6, 6.07) is 0. The van der Waals surface area contributed by atoms with Crippen LogP contribution in [-0.2, 0) is 12.8 Å². The monoisotopic (exact) mass is 261 g/mol. The van der Waals surface area contributed by atoms with E-state index in [4.69, 9.17) is 0 Å². The van der Waals surface area contributed by atoms with Gasteiger partial charge in [-0.15, -0.1) is 0 Å². The second-order valence-electron chi connectivity index (χ2n) is 6.39. The van der Waals surface area contributed by atoms with Crippen molar-refractivity contribution >= 4 is 5.82 Å². The molecule has 1 aliphatic carbocycles. The van der Waals surface area contributed by atoms with Gasteiger partial charge in [-0.05, 0) is 43.4 Å². The predicted octanol–water partition coefficient (Wildman–Crippen LogP) is 3.70. The quantitative estimate of drug-likeness (QED) is 0.878. The van der Waals surface area contributed by atoms with Crippen LogP contribution in [0, 0.1) is 17.8 Å². The zero-order valence-corrected chi connectivity index (χ0v) is 12.7. The lowest BCUT2D eigenvalue weighted by atomic mass is 9.85. The van der Waals surface area contributed by atoms with Crippen LogP contribution >= 0.6 is 0 Å². The SMILES string of the molecule is CC(C)C(CNc1ncnc2c1CCCC2)C(C)C. The van der Waals surface area contributed by atoms with Gasteiger partial charge >= 0.3 is 0 Å². The number of aromatic nitrogens is 2. The molecule has 1 aromatic heterocycles. The third-order valence-corrected chi connectivity index (χ3v) is 4.34. The van der Waals surface area contributed by atoms with Gasteiger partial charge < -0.3 is 5.32 Å². The summed E-state index contributed by atoms with van der Waals surface area (Å²) in [6.07, 6.45) is 6.50. The van der Waals surface area contributed by atoms with Gasteiger partial charge in [0.2, 0.25) is 0 Å². The highest BCUT2D eigenvalue weighted by atomic mass is 15.0. The molecular formula is C16H27N3. The third-order valence-electron chi connectivity index (χ3n) is 4.34. The van der Waals surface area contributed by atoms with E-state index in [9.17, 15) is 0 Å². The average molecular weight is 261 g/mol. The maximum atomic E-state index is 4.46. The molecule has 0 aliphatic heterocycles. The molecule has 0 atom stereocenters. The van der Waals surface area contributed by atoms with Gasteiger partial charge in [-0.3, -0.25) is 0 Å². The van der Waals surface area contributed by atoms with E-state index in [-0.39, 0.29) is 0 Å². The Hall–Kier alpha value is -1.12. The Bertz CT molecular complexity index is 404. The van der Waals surface area contributed by atoms with Crippen LogP contribution in [0.5, 0.6) is 0 Å². The van der Waals surface area contributed by atoms with E-state index in [0.29, 0.717) is 17.8 Å². The Kier molecular flexibility index (Phi) is 4.78. The minimum Gasteiger partial charge on any atom is -0.369 e. The Labute approximate surface area is 117 Å². The largest absolute Gasteiger partial charge is 0.369 e. The van der Waals surface area contributed by atoms with Crippen molar-refractivity contribution in [1.29, 1.82) is 0 Å². The second-order valence-corrected chi connectivity index (χ2v) is 6.39. The van der Waals surface area contributed by atoms with Crippen LogP contribution in [-0.4, -0.2) is 16.5 Å². The fourth-order valence-corrected chi connectivity index (χ4v) is 3.13. The Morgan fingerprint density at radius 2 is 1.74 bits per heavy atom. The molecule has 106 valence electrons. The van der Waals surface area contributed by atoms with Gasteiger partial charge in [0.25, 0.3) is 0 Å². The van der Waals surface area contributed by atoms with Gasteiger partial charge in [-0.25, -0.2) is 9.97 Å². The minimum atomic E-state index is 0.689. The first-order valence-corrected chi connectivity index (χ1v) is 7.66. The molecule has 0 saturated carbocycles. The number of nitrogens with one attached hydrogen (secondary N) is 1. The molecule has 0 fully saturated rings. The number of rotatable bonds is 5. The number of nitrogens with zero attached hydrogens (tertiary/aromatic N) is 2. The van der Waals surface area contributed by atoms with E-state index >= 15 is 0 Å². The summed E-state index contributed by atoms with van der Waals surface area (Å²) in [5, 5.41) is 3.58. The summed E-state index contributed by atoms with van der Waals surface area (Å²) in [4.78, 5) is 8.89. The molecule has 0 radical (unpaired) electrons. The van der Waals surface area contributed by atoms with Crippen molar-refractivity contribution in [2.75, 3.05) is 11.9 Å². The first-order chi connectivity index (χ1) is 9.09. The fourth-order valence-electron chi connectivity index (χ4n) is 3.13. The highest BCUT2D eigenvalue weighted by Crippen LogP contribution is 2.26. The molecule has 1 N–H and O–H groups in total. The molecule has 2 rings (SSSR count). The summed E-state index contributed by atoms with van der Waals surface area (Å²) >= 11 is 0. The van der Waals surface area contributed by atoms with Crippen molar-refractivity contribution in [3.05, 3.63) is 17.6 Å². The summed E-state index contributed by atoms with van der Waals surface area (Å²) in [7, 11) is 0. The van der Waals surface area contributed by atoms with Crippen molar-refractivity contribution in [1.82, 2.24) is 9.97 Å². The number of aryl methyl sites for hydroxylation is 1. The van der Waals surface area contributed by atoms with Crippen LogP contribution in [0.2, 0.25) is 0 Å². The lowest BCUT2D eigenvalue weighted by Crippen LogP contribution is -2.25. The molecule has 0 bridgehead atoms. The van der Waals surface area contributed by atoms with Crippen LogP contribution in [0.15, 0.2) is 6.33 Å². The van der Waals surface area contributed by atoms with Crippen LogP contribution in [0.25, 0.3) is 0 Å². The van der Waals surface area contributed by atoms with Gasteiger partial charge in [0, 0.05) is 17.8 Å². The number of anilines is 1. The molecular weight excluding hydrogens is 234 g/mol. The average Bonchev–Trinajstić information content (AvgIpc) is 2.38. The summed E-state index contributed by atoms with van der Waals surface area (Å²) < 4.78 is 0. The standard InChI is InChI=1S/C16H27N3/c1-11(2)14(12(3)4)9-17-16-13-7-5-6-8-15(13)18-10-19-16/h10-12,14H,5-9H2,1-4H3,(H,17,18,19). The topological polar surface area (TPSA) is 37.8 Å². The molecule has 1 aromatic rings. The Balaban J connectivity index is 2.07. The number of hydrogen-bond donors (Lipinski definition) is 1. The molecule has 19 heavy (non-hydrogen) atoms. The van der Waals surface area contributed by atoms with E-state index in [1.807, 2.05) is 0 Å². The molecule has 0 saturated heterocycles. The highest BCUT2D eigenvalue weighted by Gasteiger charge is 2.19. The van der Waals surface area contributed by atoms with Crippen molar-refractivity contribution in [3.63, 3.8) is 0 Å². The molecule has 0 aromatic carbocycles. The number of hydrogen-bond acceptors (Lipinski definition) is 3. The van der Waals surface area contributed by atoms with Gasteiger partial charge in [-0.1, -0.05) is 27.7 Å². The summed E-state index contributed by atoms with van der Waals surface area (Å²) in [5.74, 6) is 3.17. The first kappa shape index (κ1) is 14.3. The lowest BCUT2D eigenvalue weighted by Gasteiger charge is -2.26. The smallest absolute Gasteiger partial charge is 0.132 e. The van der Waals surface area contributed by atoms with Gasteiger partial charge in [0.1, 0.15) is 12.1 Å². The maximum Gasteiger partial charge on any atom is 0.132 e. The van der Waals surface area contributed by atoms with E-state index in [0.717, 1.165) is 25.2 Å². The minimum absolute atomic E-state index is 0.689. The van der Waals surface area contributed by atoms with Crippen LogP contribution < -0.4 is 5.32 Å². The summed E-state index contributed by atoms with van der Waals surface area (Å²) in [6.45, 7) is 10.2. The van der Waals surface area contributed by atoms with Crippen molar-refractivity contribution in [2.45, 2.75) is 53.4 Å². The normalized spacial score (nSPS) is 15.1. The van der Waals surface area contributed by atoms with Gasteiger partial charge in [-0.2, -0.15) is 0 Å². The first-order valence-electron chi connectivity index (χ1n) is 7.66. The number of fused-ring (bicyclic) bond motifs is 1. The molecule has 1 heterocycles. The van der Waals surface area contributed by atoms with Crippen molar-refractivity contribution in [3.8, 4) is 0 Å². The molecule has 0 amide bonds. The van der Waals surface area contributed by atoms with Gasteiger partial charge in [0.15, 0.2) is 0 Å². The Morgan fingerprint density at radius 3 is 2.42 bits per heavy atom. The Morgan fingerprint density at radius 1 is 1.05 bits per heavy atom. The molecule has 3 nitrogen and oxygen atoms in total. The van der Waals surface area contributed by atoms with Crippen molar-refractivity contribution < 1.29 is 0 Å². The molecule has 0 spiro atoms.